The lowest BCUT2D eigenvalue weighted by Crippen LogP contribution is -2.47. The van der Waals surface area contributed by atoms with Gasteiger partial charge in [-0.2, -0.15) is 5.10 Å². The molecule has 5 heteroatoms. The first-order chi connectivity index (χ1) is 14.1. The summed E-state index contributed by atoms with van der Waals surface area (Å²) in [5.74, 6) is 5.10. The van der Waals surface area contributed by atoms with Crippen LogP contribution in [-0.2, 0) is 13.1 Å². The van der Waals surface area contributed by atoms with Crippen molar-refractivity contribution in [3.63, 3.8) is 0 Å². The van der Waals surface area contributed by atoms with Crippen molar-refractivity contribution >= 4 is 0 Å². The van der Waals surface area contributed by atoms with Gasteiger partial charge in [0, 0.05) is 31.1 Å². The van der Waals surface area contributed by atoms with Crippen molar-refractivity contribution in [2.45, 2.75) is 51.6 Å². The van der Waals surface area contributed by atoms with Crippen LogP contribution in [0.2, 0.25) is 0 Å². The van der Waals surface area contributed by atoms with Gasteiger partial charge in [-0.3, -0.25) is 0 Å². The van der Waals surface area contributed by atoms with E-state index in [4.69, 9.17) is 10.1 Å². The summed E-state index contributed by atoms with van der Waals surface area (Å²) >= 11 is 0. The second kappa shape index (κ2) is 7.84. The molecule has 2 aromatic rings. The lowest BCUT2D eigenvalue weighted by molar-refractivity contribution is 0.0810. The summed E-state index contributed by atoms with van der Waals surface area (Å²) in [5, 5.41) is 5.06. The van der Waals surface area contributed by atoms with Gasteiger partial charge in [0.15, 0.2) is 5.82 Å². The zero-order chi connectivity index (χ0) is 20.0. The Bertz CT molecular complexity index is 827. The fourth-order valence-electron chi connectivity index (χ4n) is 5.35. The average Bonchev–Trinajstić information content (AvgIpc) is 3.50. The van der Waals surface area contributed by atoms with E-state index in [1.54, 1.807) is 0 Å². The van der Waals surface area contributed by atoms with Gasteiger partial charge in [0.25, 0.3) is 0 Å². The minimum absolute atomic E-state index is 0.554. The van der Waals surface area contributed by atoms with Crippen LogP contribution in [0.4, 0.5) is 0 Å². The summed E-state index contributed by atoms with van der Waals surface area (Å²) in [6, 6.07) is 8.83. The van der Waals surface area contributed by atoms with Crippen LogP contribution >= 0.6 is 0 Å². The number of hydrogen-bond donors (Lipinski definition) is 0. The minimum Gasteiger partial charge on any atom is -0.305 e. The van der Waals surface area contributed by atoms with E-state index in [0.29, 0.717) is 11.8 Å². The van der Waals surface area contributed by atoms with Crippen LogP contribution < -0.4 is 0 Å². The molecule has 0 N–H and O–H groups in total. The highest BCUT2D eigenvalue weighted by molar-refractivity contribution is 5.55. The molecule has 1 aliphatic carbocycles. The van der Waals surface area contributed by atoms with E-state index in [-0.39, 0.29) is 0 Å². The maximum Gasteiger partial charge on any atom is 0.181 e. The van der Waals surface area contributed by atoms with Crippen molar-refractivity contribution in [3.8, 4) is 11.4 Å². The molecule has 6 rings (SSSR count). The molecule has 3 aliphatic heterocycles. The Labute approximate surface area is 175 Å². The molecule has 29 heavy (non-hydrogen) atoms. The van der Waals surface area contributed by atoms with Crippen LogP contribution in [0.15, 0.2) is 24.3 Å². The standard InChI is InChI=1S/C24H35N5/c1-17(19-8-9-19)14-29-24(22-16-28-12-10-20(22)11-13-28)25-23(26-29)21-6-4-18(5-7-21)15-27(2)3/h4-7,17,19-20,22H,8-16H2,1-3H3. The molecule has 0 radical (unpaired) electrons. The normalized spacial score (nSPS) is 27.5. The van der Waals surface area contributed by atoms with Gasteiger partial charge in [-0.25, -0.2) is 9.67 Å². The summed E-state index contributed by atoms with van der Waals surface area (Å²) < 4.78 is 2.29. The first-order valence-electron chi connectivity index (χ1n) is 11.5. The van der Waals surface area contributed by atoms with Gasteiger partial charge in [0.05, 0.1) is 0 Å². The molecule has 3 saturated heterocycles. The maximum atomic E-state index is 5.16. The molecule has 4 heterocycles. The molecule has 4 aliphatic rings. The predicted octanol–water partition coefficient (Wildman–Crippen LogP) is 3.86. The summed E-state index contributed by atoms with van der Waals surface area (Å²) in [7, 11) is 4.22. The van der Waals surface area contributed by atoms with Crippen LogP contribution in [0, 0.1) is 17.8 Å². The third-order valence-corrected chi connectivity index (χ3v) is 7.29. The van der Waals surface area contributed by atoms with E-state index in [1.807, 2.05) is 0 Å². The smallest absolute Gasteiger partial charge is 0.181 e. The van der Waals surface area contributed by atoms with E-state index in [1.165, 1.54) is 56.7 Å². The number of rotatable bonds is 7. The van der Waals surface area contributed by atoms with E-state index < -0.39 is 0 Å². The number of benzene rings is 1. The molecule has 2 unspecified atom stereocenters. The van der Waals surface area contributed by atoms with E-state index in [2.05, 4.69) is 59.8 Å². The molecule has 2 bridgehead atoms. The quantitative estimate of drug-likeness (QED) is 0.716. The van der Waals surface area contributed by atoms with Gasteiger partial charge in [0.1, 0.15) is 5.82 Å². The predicted molar refractivity (Wildman–Crippen MR) is 117 cm³/mol. The summed E-state index contributed by atoms with van der Waals surface area (Å²) in [4.78, 5) is 9.99. The third kappa shape index (κ3) is 4.13. The van der Waals surface area contributed by atoms with Crippen molar-refractivity contribution in [1.29, 1.82) is 0 Å². The lowest BCUT2D eigenvalue weighted by Gasteiger charge is -2.44. The van der Waals surface area contributed by atoms with Gasteiger partial charge in [-0.1, -0.05) is 31.2 Å². The highest BCUT2D eigenvalue weighted by Crippen LogP contribution is 2.41. The number of fused-ring (bicyclic) bond motifs is 3. The number of hydrogen-bond acceptors (Lipinski definition) is 4. The van der Waals surface area contributed by atoms with Gasteiger partial charge >= 0.3 is 0 Å². The monoisotopic (exact) mass is 393 g/mol. The van der Waals surface area contributed by atoms with Crippen molar-refractivity contribution in [2.75, 3.05) is 33.7 Å². The fourth-order valence-corrected chi connectivity index (χ4v) is 5.35. The van der Waals surface area contributed by atoms with Gasteiger partial charge in [-0.05, 0) is 76.2 Å². The molecule has 2 atom stereocenters. The highest BCUT2D eigenvalue weighted by atomic mass is 15.4. The Morgan fingerprint density at radius 1 is 1.07 bits per heavy atom. The Kier molecular flexibility index (Phi) is 5.21. The van der Waals surface area contributed by atoms with Gasteiger partial charge in [-0.15, -0.1) is 0 Å². The molecule has 0 spiro atoms. The van der Waals surface area contributed by atoms with Gasteiger partial charge < -0.3 is 9.80 Å². The van der Waals surface area contributed by atoms with Crippen LogP contribution in [0.3, 0.4) is 0 Å². The average molecular weight is 394 g/mol. The molecule has 0 amide bonds. The minimum atomic E-state index is 0.554. The van der Waals surface area contributed by atoms with Crippen molar-refractivity contribution < 1.29 is 0 Å². The number of nitrogens with zero attached hydrogens (tertiary/aromatic N) is 5. The zero-order valence-electron chi connectivity index (χ0n) is 18.2. The fraction of sp³-hybridized carbons (Fsp3) is 0.667. The summed E-state index contributed by atoms with van der Waals surface area (Å²) in [6.07, 6.45) is 5.44. The highest BCUT2D eigenvalue weighted by Gasteiger charge is 2.38. The zero-order valence-corrected chi connectivity index (χ0v) is 18.2. The summed E-state index contributed by atoms with van der Waals surface area (Å²) in [5.41, 5.74) is 2.48. The van der Waals surface area contributed by atoms with Crippen molar-refractivity contribution in [1.82, 2.24) is 24.6 Å². The second-order valence-corrected chi connectivity index (χ2v) is 9.97. The summed E-state index contributed by atoms with van der Waals surface area (Å²) in [6.45, 7) is 8.10. The molecule has 1 aromatic carbocycles. The third-order valence-electron chi connectivity index (χ3n) is 7.29. The number of piperidine rings is 3. The molecule has 156 valence electrons. The van der Waals surface area contributed by atoms with Crippen LogP contribution in [0.5, 0.6) is 0 Å². The molecule has 4 fully saturated rings. The SMILES string of the molecule is CC(Cn1nc(-c2ccc(CN(C)C)cc2)nc1C1CN2CCC1CC2)C1CC1. The molecule has 5 nitrogen and oxygen atoms in total. The molecular formula is C24H35N5. The first kappa shape index (κ1) is 19.3. The van der Waals surface area contributed by atoms with Crippen LogP contribution in [0.1, 0.15) is 49.9 Å². The van der Waals surface area contributed by atoms with Crippen molar-refractivity contribution in [2.24, 2.45) is 17.8 Å². The lowest BCUT2D eigenvalue weighted by atomic mass is 9.78. The Hall–Kier alpha value is -1.72. The topological polar surface area (TPSA) is 37.2 Å². The molecule has 1 saturated carbocycles. The number of aromatic nitrogens is 3. The Balaban J connectivity index is 1.44. The van der Waals surface area contributed by atoms with E-state index in [9.17, 15) is 0 Å². The Morgan fingerprint density at radius 3 is 2.38 bits per heavy atom. The second-order valence-electron chi connectivity index (χ2n) is 9.97. The van der Waals surface area contributed by atoms with E-state index in [0.717, 1.165) is 36.3 Å². The van der Waals surface area contributed by atoms with Gasteiger partial charge in [0.2, 0.25) is 0 Å². The first-order valence-corrected chi connectivity index (χ1v) is 11.5. The molecule has 1 aromatic heterocycles. The van der Waals surface area contributed by atoms with Crippen LogP contribution in [-0.4, -0.2) is 58.3 Å². The van der Waals surface area contributed by atoms with Crippen LogP contribution in [0.25, 0.3) is 11.4 Å². The largest absolute Gasteiger partial charge is 0.305 e. The Morgan fingerprint density at radius 2 is 1.79 bits per heavy atom. The van der Waals surface area contributed by atoms with E-state index >= 15 is 0 Å². The molecular weight excluding hydrogens is 358 g/mol. The maximum absolute atomic E-state index is 5.16. The van der Waals surface area contributed by atoms with Crippen molar-refractivity contribution in [3.05, 3.63) is 35.7 Å².